The van der Waals surface area contributed by atoms with Crippen molar-refractivity contribution in [1.29, 1.82) is 0 Å². The van der Waals surface area contributed by atoms with Gasteiger partial charge in [-0.15, -0.1) is 0 Å². The molecule has 0 spiro atoms. The van der Waals surface area contributed by atoms with Gasteiger partial charge in [-0.25, -0.2) is 4.79 Å². The maximum Gasteiger partial charge on any atom is 0.351 e. The van der Waals surface area contributed by atoms with Gasteiger partial charge in [-0.05, 0) is 6.07 Å². The normalized spacial score (nSPS) is 29.6. The van der Waals surface area contributed by atoms with Crippen LogP contribution in [0.15, 0.2) is 17.1 Å². The number of aliphatic hydroxyl groups is 1. The van der Waals surface area contributed by atoms with Gasteiger partial charge in [-0.3, -0.25) is 4.57 Å². The lowest BCUT2D eigenvalue weighted by Crippen LogP contribution is -2.41. The van der Waals surface area contributed by atoms with E-state index in [-0.39, 0.29) is 12.4 Å². The van der Waals surface area contributed by atoms with Gasteiger partial charge in [0.05, 0.1) is 6.61 Å². The molecule has 0 bridgehead atoms. The predicted octanol–water partition coefficient (Wildman–Crippen LogP) is -0.635. The van der Waals surface area contributed by atoms with Crippen LogP contribution in [0.4, 0.5) is 14.6 Å². The number of anilines is 1. The number of methoxy groups -OCH3 is 1. The molecule has 1 aromatic heterocycles. The first kappa shape index (κ1) is 13.8. The summed E-state index contributed by atoms with van der Waals surface area (Å²) >= 11 is 0. The third-order valence-electron chi connectivity index (χ3n) is 2.81. The number of nitrogens with two attached hydrogens (primary N) is 1. The number of hydrogen-bond donors (Lipinski definition) is 2. The van der Waals surface area contributed by atoms with E-state index in [0.29, 0.717) is 4.57 Å². The lowest BCUT2D eigenvalue weighted by Gasteiger charge is -2.20. The van der Waals surface area contributed by atoms with Gasteiger partial charge in [0, 0.05) is 13.3 Å². The average Bonchev–Trinajstić information content (AvgIpc) is 2.54. The number of hydrogen-bond acceptors (Lipinski definition) is 6. The van der Waals surface area contributed by atoms with Crippen LogP contribution < -0.4 is 11.4 Å². The molecule has 106 valence electrons. The fourth-order valence-electron chi connectivity index (χ4n) is 1.87. The van der Waals surface area contributed by atoms with Crippen molar-refractivity contribution in [2.75, 3.05) is 19.5 Å². The molecular weight excluding hydrogens is 264 g/mol. The second-order valence-electron chi connectivity index (χ2n) is 4.14. The largest absolute Gasteiger partial charge is 0.384 e. The van der Waals surface area contributed by atoms with Crippen molar-refractivity contribution in [2.45, 2.75) is 24.4 Å². The molecule has 7 nitrogen and oxygen atoms in total. The lowest BCUT2D eigenvalue weighted by atomic mass is 10.1. The van der Waals surface area contributed by atoms with Gasteiger partial charge in [0.1, 0.15) is 11.9 Å². The first-order valence-electron chi connectivity index (χ1n) is 5.43. The third kappa shape index (κ3) is 2.31. The maximum atomic E-state index is 13.9. The number of ether oxygens (including phenoxy) is 2. The van der Waals surface area contributed by atoms with Crippen LogP contribution in [0.2, 0.25) is 0 Å². The van der Waals surface area contributed by atoms with Gasteiger partial charge in [0.2, 0.25) is 6.23 Å². The number of nitrogen functional groups attached to an aromatic ring is 1. The first-order valence-corrected chi connectivity index (χ1v) is 5.43. The summed E-state index contributed by atoms with van der Waals surface area (Å²) in [4.78, 5) is 14.9. The van der Waals surface area contributed by atoms with E-state index in [0.717, 1.165) is 6.20 Å². The van der Waals surface area contributed by atoms with Crippen LogP contribution in [0, 0.1) is 0 Å². The van der Waals surface area contributed by atoms with Crippen LogP contribution in [0.1, 0.15) is 6.23 Å². The Morgan fingerprint density at radius 2 is 2.37 bits per heavy atom. The summed E-state index contributed by atoms with van der Waals surface area (Å²) in [5.74, 6) is -3.72. The highest BCUT2D eigenvalue weighted by Gasteiger charge is 2.59. The highest BCUT2D eigenvalue weighted by atomic mass is 19.3. The lowest BCUT2D eigenvalue weighted by molar-refractivity contribution is -0.141. The zero-order chi connectivity index (χ0) is 14.2. The smallest absolute Gasteiger partial charge is 0.351 e. The second-order valence-corrected chi connectivity index (χ2v) is 4.14. The van der Waals surface area contributed by atoms with Crippen LogP contribution >= 0.6 is 0 Å². The number of aliphatic hydroxyl groups excluding tert-OH is 1. The molecule has 0 saturated carbocycles. The second kappa shape index (κ2) is 4.83. The average molecular weight is 277 g/mol. The summed E-state index contributed by atoms with van der Waals surface area (Å²) in [5, 5.41) is 9.51. The molecule has 1 unspecified atom stereocenters. The standard InChI is InChI=1S/C10H13F2N3O4/c1-18-4-5-7(16)10(11,12)8(19-5)15-3-2-6(13)14-9(15)17/h2-3,5,7-8,16H,4H2,1H3,(H2,13,14,17)/t5-,7?,8-/m1/s1. The molecular formula is C10H13F2N3O4. The van der Waals surface area contributed by atoms with E-state index in [4.69, 9.17) is 10.5 Å². The molecule has 1 aliphatic heterocycles. The predicted molar refractivity (Wildman–Crippen MR) is 59.6 cm³/mol. The molecule has 0 aromatic carbocycles. The van der Waals surface area contributed by atoms with Crippen LogP contribution in [-0.2, 0) is 9.47 Å². The van der Waals surface area contributed by atoms with Gasteiger partial charge in [0.15, 0.2) is 6.10 Å². The summed E-state index contributed by atoms with van der Waals surface area (Å²) in [6, 6.07) is 1.19. The Hall–Kier alpha value is -1.58. The molecule has 3 N–H and O–H groups in total. The van der Waals surface area contributed by atoms with Crippen molar-refractivity contribution in [3.8, 4) is 0 Å². The van der Waals surface area contributed by atoms with Gasteiger partial charge in [-0.1, -0.05) is 0 Å². The minimum Gasteiger partial charge on any atom is -0.384 e. The Labute approximate surface area is 106 Å². The number of rotatable bonds is 3. The monoisotopic (exact) mass is 277 g/mol. The molecule has 9 heteroatoms. The van der Waals surface area contributed by atoms with Crippen molar-refractivity contribution in [3.63, 3.8) is 0 Å². The van der Waals surface area contributed by atoms with Gasteiger partial charge < -0.3 is 20.3 Å². The van der Waals surface area contributed by atoms with E-state index in [9.17, 15) is 18.7 Å². The number of nitrogens with zero attached hydrogens (tertiary/aromatic N) is 2. The van der Waals surface area contributed by atoms with E-state index in [2.05, 4.69) is 9.72 Å². The zero-order valence-electron chi connectivity index (χ0n) is 9.99. The molecule has 0 aliphatic carbocycles. The zero-order valence-corrected chi connectivity index (χ0v) is 9.99. The summed E-state index contributed by atoms with van der Waals surface area (Å²) in [7, 11) is 1.29. The van der Waals surface area contributed by atoms with Crippen molar-refractivity contribution < 1.29 is 23.4 Å². The molecule has 0 amide bonds. The van der Waals surface area contributed by atoms with Gasteiger partial charge in [0.25, 0.3) is 0 Å². The Morgan fingerprint density at radius 3 is 2.95 bits per heavy atom. The number of aromatic nitrogens is 2. The molecule has 3 atom stereocenters. The van der Waals surface area contributed by atoms with E-state index in [1.807, 2.05) is 0 Å². The molecule has 1 aromatic rings. The Kier molecular flexibility index (Phi) is 3.52. The van der Waals surface area contributed by atoms with Crippen LogP contribution in [0.3, 0.4) is 0 Å². The SMILES string of the molecule is COC[C@H]1O[C@@H](n2ccc(N)nc2=O)C(F)(F)C1O. The van der Waals surface area contributed by atoms with Gasteiger partial charge >= 0.3 is 11.6 Å². The molecule has 1 fully saturated rings. The van der Waals surface area contributed by atoms with Crippen molar-refractivity contribution in [2.24, 2.45) is 0 Å². The summed E-state index contributed by atoms with van der Waals surface area (Å²) in [6.45, 7) is -0.218. The fourth-order valence-corrected chi connectivity index (χ4v) is 1.87. The molecule has 19 heavy (non-hydrogen) atoms. The van der Waals surface area contributed by atoms with Crippen molar-refractivity contribution in [1.82, 2.24) is 9.55 Å². The van der Waals surface area contributed by atoms with Crippen molar-refractivity contribution >= 4 is 5.82 Å². The van der Waals surface area contributed by atoms with Crippen LogP contribution in [0.25, 0.3) is 0 Å². The number of halogens is 2. The Morgan fingerprint density at radius 1 is 1.68 bits per heavy atom. The van der Waals surface area contributed by atoms with E-state index < -0.39 is 30.0 Å². The minimum atomic E-state index is -3.63. The topological polar surface area (TPSA) is 99.6 Å². The molecule has 0 radical (unpaired) electrons. The van der Waals surface area contributed by atoms with Crippen LogP contribution in [-0.4, -0.2) is 46.5 Å². The Bertz CT molecular complexity index is 522. The number of alkyl halides is 2. The van der Waals surface area contributed by atoms with Gasteiger partial charge in [-0.2, -0.15) is 13.8 Å². The summed E-state index contributed by atoms with van der Waals surface area (Å²) < 4.78 is 38.1. The highest BCUT2D eigenvalue weighted by molar-refractivity contribution is 5.23. The first-order chi connectivity index (χ1) is 8.87. The molecule has 2 rings (SSSR count). The fraction of sp³-hybridized carbons (Fsp3) is 0.600. The Balaban J connectivity index is 2.36. The molecule has 1 aliphatic rings. The van der Waals surface area contributed by atoms with Crippen molar-refractivity contribution in [3.05, 3.63) is 22.7 Å². The highest BCUT2D eigenvalue weighted by Crippen LogP contribution is 2.42. The maximum absolute atomic E-state index is 13.9. The van der Waals surface area contributed by atoms with E-state index in [1.54, 1.807) is 0 Å². The quantitative estimate of drug-likeness (QED) is 0.762. The summed E-state index contributed by atoms with van der Waals surface area (Å²) in [5.41, 5.74) is 4.30. The van der Waals surface area contributed by atoms with E-state index >= 15 is 0 Å². The van der Waals surface area contributed by atoms with E-state index in [1.165, 1.54) is 13.2 Å². The molecule has 1 saturated heterocycles. The third-order valence-corrected chi connectivity index (χ3v) is 2.81. The summed E-state index contributed by atoms with van der Waals surface area (Å²) in [6.07, 6.45) is -4.19. The van der Waals surface area contributed by atoms with Crippen LogP contribution in [0.5, 0.6) is 0 Å². The minimum absolute atomic E-state index is 0.0865. The molecule has 2 heterocycles.